The zero-order chi connectivity index (χ0) is 18.6. The van der Waals surface area contributed by atoms with Crippen molar-refractivity contribution in [3.05, 3.63) is 59.4 Å². The second kappa shape index (κ2) is 11.1. The van der Waals surface area contributed by atoms with E-state index in [0.29, 0.717) is 24.4 Å². The van der Waals surface area contributed by atoms with Gasteiger partial charge in [0.2, 0.25) is 5.91 Å². The molecular weight excluding hydrogens is 350 g/mol. The minimum Gasteiger partial charge on any atom is -0.356 e. The molecule has 1 aromatic heterocycles. The molecular formula is C19H24ClN5O. The summed E-state index contributed by atoms with van der Waals surface area (Å²) in [5.41, 5.74) is 1.79. The molecule has 0 fully saturated rings. The van der Waals surface area contributed by atoms with Crippen LogP contribution >= 0.6 is 11.6 Å². The molecule has 0 saturated carbocycles. The maximum atomic E-state index is 11.9. The summed E-state index contributed by atoms with van der Waals surface area (Å²) in [5.74, 6) is 0.700. The molecule has 3 N–H and O–H groups in total. The van der Waals surface area contributed by atoms with Gasteiger partial charge in [-0.3, -0.25) is 14.8 Å². The smallest absolute Gasteiger partial charge is 0.224 e. The van der Waals surface area contributed by atoms with E-state index in [1.807, 2.05) is 18.2 Å². The molecule has 0 bridgehead atoms. The largest absolute Gasteiger partial charge is 0.356 e. The fourth-order valence-corrected chi connectivity index (χ4v) is 2.41. The molecule has 0 saturated heterocycles. The molecule has 26 heavy (non-hydrogen) atoms. The van der Waals surface area contributed by atoms with Crippen LogP contribution < -0.4 is 16.0 Å². The van der Waals surface area contributed by atoms with Gasteiger partial charge in [0.1, 0.15) is 0 Å². The number of carbonyl (C=O) groups excluding carboxylic acids is 1. The van der Waals surface area contributed by atoms with Gasteiger partial charge >= 0.3 is 0 Å². The summed E-state index contributed by atoms with van der Waals surface area (Å²) in [6.07, 6.45) is 3.75. The number of halogens is 1. The number of hydrogen-bond donors (Lipinski definition) is 3. The van der Waals surface area contributed by atoms with Crippen molar-refractivity contribution in [3.63, 3.8) is 0 Å². The molecule has 1 heterocycles. The minimum atomic E-state index is -0.0211. The number of guanidine groups is 1. The summed E-state index contributed by atoms with van der Waals surface area (Å²) in [5, 5.41) is 9.93. The van der Waals surface area contributed by atoms with Crippen molar-refractivity contribution < 1.29 is 4.79 Å². The van der Waals surface area contributed by atoms with Crippen molar-refractivity contribution in [3.8, 4) is 0 Å². The summed E-state index contributed by atoms with van der Waals surface area (Å²) in [4.78, 5) is 20.4. The van der Waals surface area contributed by atoms with Gasteiger partial charge in [-0.1, -0.05) is 17.7 Å². The molecule has 0 atom stereocenters. The van der Waals surface area contributed by atoms with Crippen LogP contribution in [-0.4, -0.2) is 37.0 Å². The van der Waals surface area contributed by atoms with Gasteiger partial charge in [0, 0.05) is 55.6 Å². The number of aliphatic imine (C=N–C) groups is 1. The number of pyridine rings is 1. The second-order valence-electron chi connectivity index (χ2n) is 5.66. The number of aromatic nitrogens is 1. The van der Waals surface area contributed by atoms with Gasteiger partial charge in [-0.2, -0.15) is 0 Å². The van der Waals surface area contributed by atoms with Crippen LogP contribution in [0.2, 0.25) is 5.02 Å². The highest BCUT2D eigenvalue weighted by atomic mass is 35.5. The number of nitrogens with zero attached hydrogens (tertiary/aromatic N) is 2. The molecule has 6 nitrogen and oxygen atoms in total. The Morgan fingerprint density at radius 3 is 2.58 bits per heavy atom. The molecule has 1 amide bonds. The van der Waals surface area contributed by atoms with Gasteiger partial charge in [-0.15, -0.1) is 0 Å². The van der Waals surface area contributed by atoms with Crippen molar-refractivity contribution in [2.45, 2.75) is 19.3 Å². The van der Waals surface area contributed by atoms with Crippen LogP contribution in [0, 0.1) is 0 Å². The monoisotopic (exact) mass is 373 g/mol. The van der Waals surface area contributed by atoms with E-state index in [0.717, 1.165) is 30.3 Å². The quantitative estimate of drug-likeness (QED) is 0.377. The zero-order valence-electron chi connectivity index (χ0n) is 14.8. The standard InChI is InChI=1S/C19H24ClN5O/c1-21-19(24-14-11-16-5-2-3-12-22-16)23-13-4-6-18(26)25-17-9-7-15(20)8-10-17/h2-3,5,7-10,12H,4,6,11,13-14H2,1H3,(H,25,26)(H2,21,23,24). The molecule has 138 valence electrons. The van der Waals surface area contributed by atoms with Crippen LogP contribution in [0.4, 0.5) is 5.69 Å². The summed E-state index contributed by atoms with van der Waals surface area (Å²) in [6.45, 7) is 1.41. The molecule has 1 aromatic carbocycles. The Morgan fingerprint density at radius 2 is 1.88 bits per heavy atom. The molecule has 2 aromatic rings. The molecule has 7 heteroatoms. The highest BCUT2D eigenvalue weighted by Crippen LogP contribution is 2.13. The zero-order valence-corrected chi connectivity index (χ0v) is 15.6. The maximum Gasteiger partial charge on any atom is 0.224 e. The number of amides is 1. The van der Waals surface area contributed by atoms with Crippen molar-refractivity contribution in [2.75, 3.05) is 25.5 Å². The topological polar surface area (TPSA) is 78.4 Å². The van der Waals surface area contributed by atoms with Gasteiger partial charge in [0.25, 0.3) is 0 Å². The van der Waals surface area contributed by atoms with E-state index in [9.17, 15) is 4.79 Å². The molecule has 2 rings (SSSR count). The predicted octanol–water partition coefficient (Wildman–Crippen LogP) is 2.86. The highest BCUT2D eigenvalue weighted by molar-refractivity contribution is 6.30. The summed E-state index contributed by atoms with van der Waals surface area (Å²) in [7, 11) is 1.73. The Hall–Kier alpha value is -2.60. The Balaban J connectivity index is 1.59. The van der Waals surface area contributed by atoms with E-state index >= 15 is 0 Å². The van der Waals surface area contributed by atoms with Crippen LogP contribution in [0.15, 0.2) is 53.7 Å². The first kappa shape index (κ1) is 19.7. The highest BCUT2D eigenvalue weighted by Gasteiger charge is 2.03. The summed E-state index contributed by atoms with van der Waals surface area (Å²) in [6, 6.07) is 12.9. The number of rotatable bonds is 8. The van der Waals surface area contributed by atoms with E-state index in [2.05, 4.69) is 25.9 Å². The second-order valence-corrected chi connectivity index (χ2v) is 6.09. The minimum absolute atomic E-state index is 0.0211. The average molecular weight is 374 g/mol. The number of benzene rings is 1. The molecule has 0 aliphatic heterocycles. The lowest BCUT2D eigenvalue weighted by molar-refractivity contribution is -0.116. The third kappa shape index (κ3) is 7.53. The molecule has 0 aliphatic rings. The van der Waals surface area contributed by atoms with E-state index in [-0.39, 0.29) is 5.91 Å². The third-order valence-electron chi connectivity index (χ3n) is 3.62. The van der Waals surface area contributed by atoms with Crippen LogP contribution in [-0.2, 0) is 11.2 Å². The first-order valence-electron chi connectivity index (χ1n) is 8.57. The summed E-state index contributed by atoms with van der Waals surface area (Å²) < 4.78 is 0. The fraction of sp³-hybridized carbons (Fsp3) is 0.316. The lowest BCUT2D eigenvalue weighted by Crippen LogP contribution is -2.39. The van der Waals surface area contributed by atoms with Crippen molar-refractivity contribution in [1.29, 1.82) is 0 Å². The van der Waals surface area contributed by atoms with Crippen molar-refractivity contribution >= 4 is 29.2 Å². The van der Waals surface area contributed by atoms with Crippen LogP contribution in [0.5, 0.6) is 0 Å². The Bertz CT molecular complexity index is 704. The van der Waals surface area contributed by atoms with Gasteiger partial charge < -0.3 is 16.0 Å². The van der Waals surface area contributed by atoms with Crippen molar-refractivity contribution in [1.82, 2.24) is 15.6 Å². The number of nitrogens with one attached hydrogen (secondary N) is 3. The van der Waals surface area contributed by atoms with E-state index in [1.54, 1.807) is 37.5 Å². The number of hydrogen-bond acceptors (Lipinski definition) is 3. The van der Waals surface area contributed by atoms with Gasteiger partial charge in [0.15, 0.2) is 5.96 Å². The van der Waals surface area contributed by atoms with E-state index < -0.39 is 0 Å². The number of anilines is 1. The van der Waals surface area contributed by atoms with Crippen LogP contribution in [0.25, 0.3) is 0 Å². The average Bonchev–Trinajstić information content (AvgIpc) is 2.66. The fourth-order valence-electron chi connectivity index (χ4n) is 2.29. The molecule has 0 aliphatic carbocycles. The predicted molar refractivity (Wildman–Crippen MR) is 107 cm³/mol. The van der Waals surface area contributed by atoms with E-state index in [4.69, 9.17) is 11.6 Å². The van der Waals surface area contributed by atoms with Crippen LogP contribution in [0.3, 0.4) is 0 Å². The first-order chi connectivity index (χ1) is 12.7. The first-order valence-corrected chi connectivity index (χ1v) is 8.95. The Kier molecular flexibility index (Phi) is 8.42. The summed E-state index contributed by atoms with van der Waals surface area (Å²) >= 11 is 5.82. The third-order valence-corrected chi connectivity index (χ3v) is 3.88. The SMILES string of the molecule is CN=C(NCCCC(=O)Nc1ccc(Cl)cc1)NCCc1ccccn1. The van der Waals surface area contributed by atoms with E-state index in [1.165, 1.54) is 0 Å². The van der Waals surface area contributed by atoms with Gasteiger partial charge in [-0.25, -0.2) is 0 Å². The lowest BCUT2D eigenvalue weighted by atomic mass is 10.2. The normalized spacial score (nSPS) is 11.1. The van der Waals surface area contributed by atoms with Gasteiger partial charge in [-0.05, 0) is 42.8 Å². The van der Waals surface area contributed by atoms with Crippen LogP contribution in [0.1, 0.15) is 18.5 Å². The Labute approximate surface area is 159 Å². The molecule has 0 spiro atoms. The lowest BCUT2D eigenvalue weighted by Gasteiger charge is -2.11. The molecule has 0 radical (unpaired) electrons. The van der Waals surface area contributed by atoms with Crippen molar-refractivity contribution in [2.24, 2.45) is 4.99 Å². The van der Waals surface area contributed by atoms with Gasteiger partial charge in [0.05, 0.1) is 0 Å². The Morgan fingerprint density at radius 1 is 1.12 bits per heavy atom. The molecule has 0 unspecified atom stereocenters. The number of carbonyl (C=O) groups is 1. The maximum absolute atomic E-state index is 11.9.